The second-order valence-corrected chi connectivity index (χ2v) is 8.23. The molecule has 5 nitrogen and oxygen atoms in total. The fourth-order valence-electron chi connectivity index (χ4n) is 3.19. The van der Waals surface area contributed by atoms with Crippen LogP contribution in [-0.4, -0.2) is 17.0 Å². The Labute approximate surface area is 146 Å². The standard InChI is InChI=1S/C18H24N2O3S/c1-4-18(3,9-16(22)23)8-15(21)20-17-13(10-19)12-6-5-11(2)7-14(12)24-17/h11H,4-9H2,1-3H3,(H,20,21)(H,22,23)/t11-,18-/m0/s1. The molecule has 0 saturated heterocycles. The second kappa shape index (κ2) is 7.35. The molecule has 1 amide bonds. The number of carboxylic acid groups (broad SMARTS) is 1. The number of carbonyl (C=O) groups excluding carboxylic acids is 1. The van der Waals surface area contributed by atoms with Gasteiger partial charge < -0.3 is 10.4 Å². The minimum Gasteiger partial charge on any atom is -0.481 e. The molecule has 2 atom stereocenters. The van der Waals surface area contributed by atoms with E-state index in [2.05, 4.69) is 18.3 Å². The topological polar surface area (TPSA) is 90.2 Å². The van der Waals surface area contributed by atoms with Gasteiger partial charge in [-0.15, -0.1) is 11.3 Å². The Bertz CT molecular complexity index is 689. The molecule has 24 heavy (non-hydrogen) atoms. The maximum atomic E-state index is 12.4. The smallest absolute Gasteiger partial charge is 0.303 e. The highest BCUT2D eigenvalue weighted by atomic mass is 32.1. The van der Waals surface area contributed by atoms with Crippen LogP contribution < -0.4 is 5.32 Å². The Morgan fingerprint density at radius 3 is 2.75 bits per heavy atom. The third-order valence-electron chi connectivity index (χ3n) is 4.90. The van der Waals surface area contributed by atoms with Gasteiger partial charge in [-0.25, -0.2) is 0 Å². The summed E-state index contributed by atoms with van der Waals surface area (Å²) in [6, 6.07) is 2.23. The molecule has 130 valence electrons. The molecule has 0 saturated carbocycles. The average Bonchev–Trinajstić information content (AvgIpc) is 2.81. The first-order valence-corrected chi connectivity index (χ1v) is 9.16. The van der Waals surface area contributed by atoms with Crippen LogP contribution in [0.15, 0.2) is 0 Å². The molecule has 2 N–H and O–H groups in total. The van der Waals surface area contributed by atoms with Gasteiger partial charge in [-0.3, -0.25) is 9.59 Å². The van der Waals surface area contributed by atoms with Crippen molar-refractivity contribution in [1.82, 2.24) is 0 Å². The van der Waals surface area contributed by atoms with Crippen LogP contribution in [0, 0.1) is 22.7 Å². The summed E-state index contributed by atoms with van der Waals surface area (Å²) in [7, 11) is 0. The van der Waals surface area contributed by atoms with E-state index in [0.29, 0.717) is 22.9 Å². The van der Waals surface area contributed by atoms with Gasteiger partial charge in [0.15, 0.2) is 0 Å². The number of nitrogens with one attached hydrogen (secondary N) is 1. The lowest BCUT2D eigenvalue weighted by molar-refractivity contribution is -0.140. The number of hydrogen-bond acceptors (Lipinski definition) is 4. The van der Waals surface area contributed by atoms with E-state index in [-0.39, 0.29) is 18.7 Å². The Morgan fingerprint density at radius 2 is 2.17 bits per heavy atom. The highest BCUT2D eigenvalue weighted by Crippen LogP contribution is 2.39. The van der Waals surface area contributed by atoms with Crippen molar-refractivity contribution < 1.29 is 14.7 Å². The van der Waals surface area contributed by atoms with E-state index in [0.717, 1.165) is 24.8 Å². The first kappa shape index (κ1) is 18.5. The van der Waals surface area contributed by atoms with Gasteiger partial charge in [0.2, 0.25) is 5.91 Å². The van der Waals surface area contributed by atoms with Gasteiger partial charge >= 0.3 is 5.97 Å². The molecular weight excluding hydrogens is 324 g/mol. The van der Waals surface area contributed by atoms with Gasteiger partial charge in [0.1, 0.15) is 11.1 Å². The zero-order valence-electron chi connectivity index (χ0n) is 14.4. The summed E-state index contributed by atoms with van der Waals surface area (Å²) in [6.07, 6.45) is 3.61. The van der Waals surface area contributed by atoms with Crippen LogP contribution >= 0.6 is 11.3 Å². The van der Waals surface area contributed by atoms with E-state index in [4.69, 9.17) is 5.11 Å². The minimum absolute atomic E-state index is 0.0412. The maximum absolute atomic E-state index is 12.4. The van der Waals surface area contributed by atoms with Crippen LogP contribution in [0.3, 0.4) is 0 Å². The summed E-state index contributed by atoms with van der Waals surface area (Å²) in [5.74, 6) is -0.514. The zero-order chi connectivity index (χ0) is 17.9. The summed E-state index contributed by atoms with van der Waals surface area (Å²) in [5.41, 5.74) is 1.10. The predicted molar refractivity (Wildman–Crippen MR) is 94.1 cm³/mol. The van der Waals surface area contributed by atoms with Crippen LogP contribution in [0.4, 0.5) is 5.00 Å². The second-order valence-electron chi connectivity index (χ2n) is 7.13. The van der Waals surface area contributed by atoms with E-state index >= 15 is 0 Å². The quantitative estimate of drug-likeness (QED) is 0.814. The molecule has 1 aliphatic carbocycles. The number of amides is 1. The molecule has 0 unspecified atom stereocenters. The molecule has 0 spiro atoms. The zero-order valence-corrected chi connectivity index (χ0v) is 15.3. The molecular formula is C18H24N2O3S. The van der Waals surface area contributed by atoms with Crippen molar-refractivity contribution in [2.24, 2.45) is 11.3 Å². The normalized spacial score (nSPS) is 19.0. The van der Waals surface area contributed by atoms with Crippen molar-refractivity contribution in [2.75, 3.05) is 5.32 Å². The number of fused-ring (bicyclic) bond motifs is 1. The van der Waals surface area contributed by atoms with Crippen LogP contribution in [0.25, 0.3) is 0 Å². The van der Waals surface area contributed by atoms with Crippen LogP contribution in [0.1, 0.15) is 62.5 Å². The van der Waals surface area contributed by atoms with E-state index in [9.17, 15) is 14.9 Å². The number of nitrogens with zero attached hydrogens (tertiary/aromatic N) is 1. The van der Waals surface area contributed by atoms with Crippen molar-refractivity contribution in [3.05, 3.63) is 16.0 Å². The van der Waals surface area contributed by atoms with Gasteiger partial charge in [0.05, 0.1) is 12.0 Å². The first-order chi connectivity index (χ1) is 11.3. The van der Waals surface area contributed by atoms with Gasteiger partial charge in [-0.05, 0) is 42.6 Å². The molecule has 2 rings (SSSR count). The number of carbonyl (C=O) groups is 2. The number of anilines is 1. The number of rotatable bonds is 6. The molecule has 1 aromatic rings. The summed E-state index contributed by atoms with van der Waals surface area (Å²) in [5, 5.41) is 22.0. The van der Waals surface area contributed by atoms with Crippen molar-refractivity contribution in [3.63, 3.8) is 0 Å². The van der Waals surface area contributed by atoms with Crippen LogP contribution in [-0.2, 0) is 22.4 Å². The number of hydrogen-bond donors (Lipinski definition) is 2. The molecule has 0 fully saturated rings. The van der Waals surface area contributed by atoms with Crippen LogP contribution in [0.2, 0.25) is 0 Å². The molecule has 6 heteroatoms. The van der Waals surface area contributed by atoms with Gasteiger partial charge in [0, 0.05) is 11.3 Å². The largest absolute Gasteiger partial charge is 0.481 e. The average molecular weight is 348 g/mol. The van der Waals surface area contributed by atoms with Gasteiger partial charge in [0.25, 0.3) is 0 Å². The predicted octanol–water partition coefficient (Wildman–Crippen LogP) is 3.96. The lowest BCUT2D eigenvalue weighted by Crippen LogP contribution is -2.27. The number of aliphatic carboxylic acids is 1. The monoisotopic (exact) mass is 348 g/mol. The summed E-state index contributed by atoms with van der Waals surface area (Å²) >= 11 is 1.50. The van der Waals surface area contributed by atoms with Crippen molar-refractivity contribution in [1.29, 1.82) is 5.26 Å². The Balaban J connectivity index is 2.15. The van der Waals surface area contributed by atoms with E-state index in [1.54, 1.807) is 0 Å². The van der Waals surface area contributed by atoms with Gasteiger partial charge in [-0.1, -0.05) is 20.8 Å². The maximum Gasteiger partial charge on any atom is 0.303 e. The summed E-state index contributed by atoms with van der Waals surface area (Å²) in [6.45, 7) is 5.90. The fourth-order valence-corrected chi connectivity index (χ4v) is 4.57. The van der Waals surface area contributed by atoms with E-state index < -0.39 is 11.4 Å². The lowest BCUT2D eigenvalue weighted by Gasteiger charge is -2.25. The summed E-state index contributed by atoms with van der Waals surface area (Å²) < 4.78 is 0. The molecule has 0 radical (unpaired) electrons. The van der Waals surface area contributed by atoms with Crippen molar-refractivity contribution in [2.45, 2.75) is 59.3 Å². The molecule has 1 aliphatic rings. The van der Waals surface area contributed by atoms with E-state index in [1.165, 1.54) is 16.2 Å². The van der Waals surface area contributed by atoms with Crippen molar-refractivity contribution >= 4 is 28.2 Å². The molecule has 0 aliphatic heterocycles. The molecule has 0 aromatic carbocycles. The number of nitriles is 1. The summed E-state index contributed by atoms with van der Waals surface area (Å²) in [4.78, 5) is 24.6. The third-order valence-corrected chi connectivity index (χ3v) is 6.07. The molecule has 0 bridgehead atoms. The fraction of sp³-hybridized carbons (Fsp3) is 0.611. The number of thiophene rings is 1. The Morgan fingerprint density at radius 1 is 1.46 bits per heavy atom. The SMILES string of the molecule is CC[C@](C)(CC(=O)O)CC(=O)Nc1sc2c(c1C#N)CC[C@H](C)C2. The molecule has 1 aromatic heterocycles. The Kier molecular flexibility index (Phi) is 5.66. The minimum atomic E-state index is -0.898. The van der Waals surface area contributed by atoms with Crippen LogP contribution in [0.5, 0.6) is 0 Å². The lowest BCUT2D eigenvalue weighted by atomic mass is 9.80. The third kappa shape index (κ3) is 4.15. The van der Waals surface area contributed by atoms with Crippen molar-refractivity contribution in [3.8, 4) is 6.07 Å². The van der Waals surface area contributed by atoms with Gasteiger partial charge in [-0.2, -0.15) is 5.26 Å². The molecule has 1 heterocycles. The highest BCUT2D eigenvalue weighted by molar-refractivity contribution is 7.16. The number of carboxylic acids is 1. The highest BCUT2D eigenvalue weighted by Gasteiger charge is 2.30. The van der Waals surface area contributed by atoms with E-state index in [1.807, 2.05) is 13.8 Å². The first-order valence-electron chi connectivity index (χ1n) is 8.34. The Hall–Kier alpha value is -1.87.